The van der Waals surface area contributed by atoms with Crippen LogP contribution in [0.4, 0.5) is 14.5 Å². The van der Waals surface area contributed by atoms with Crippen LogP contribution < -0.4 is 5.32 Å². The van der Waals surface area contributed by atoms with Gasteiger partial charge in [-0.05, 0) is 43.2 Å². The van der Waals surface area contributed by atoms with Crippen molar-refractivity contribution in [3.63, 3.8) is 0 Å². The van der Waals surface area contributed by atoms with E-state index in [1.807, 2.05) is 38.1 Å². The maximum absolute atomic E-state index is 13.6. The number of aromatic nitrogens is 1. The third-order valence-corrected chi connectivity index (χ3v) is 4.03. The number of hydrogen-bond donors (Lipinski definition) is 1. The third-order valence-electron chi connectivity index (χ3n) is 4.03. The summed E-state index contributed by atoms with van der Waals surface area (Å²) in [6.45, 7) is 3.77. The molecule has 1 N–H and O–H groups in total. The minimum atomic E-state index is -0.671. The van der Waals surface area contributed by atoms with Gasteiger partial charge in [0.05, 0.1) is 17.6 Å². The lowest BCUT2D eigenvalue weighted by Crippen LogP contribution is -2.17. The average Bonchev–Trinajstić information content (AvgIpc) is 2.55. The number of hydrogen-bond acceptors (Lipinski definition) is 2. The molecule has 3 aromatic rings. The van der Waals surface area contributed by atoms with Crippen LogP contribution in [0, 0.1) is 25.5 Å². The molecule has 2 aromatic carbocycles. The van der Waals surface area contributed by atoms with Crippen LogP contribution in [-0.4, -0.2) is 10.9 Å². The van der Waals surface area contributed by atoms with Crippen molar-refractivity contribution < 1.29 is 13.6 Å². The highest BCUT2D eigenvalue weighted by atomic mass is 19.1. The van der Waals surface area contributed by atoms with Crippen LogP contribution in [0.5, 0.6) is 0 Å². The number of aryl methyl sites for hydroxylation is 2. The Balaban J connectivity index is 1.89. The summed E-state index contributed by atoms with van der Waals surface area (Å²) in [5, 5.41) is 3.40. The zero-order valence-corrected chi connectivity index (χ0v) is 13.4. The normalized spacial score (nSPS) is 10.8. The first kappa shape index (κ1) is 16.1. The van der Waals surface area contributed by atoms with Crippen LogP contribution in [-0.2, 0) is 11.2 Å². The first-order valence-electron chi connectivity index (χ1n) is 7.55. The topological polar surface area (TPSA) is 42.0 Å². The largest absolute Gasteiger partial charge is 0.323 e. The van der Waals surface area contributed by atoms with E-state index in [-0.39, 0.29) is 12.1 Å². The molecule has 122 valence electrons. The zero-order chi connectivity index (χ0) is 17.3. The van der Waals surface area contributed by atoms with Gasteiger partial charge in [-0.2, -0.15) is 0 Å². The number of carbonyl (C=O) groups is 1. The highest BCUT2D eigenvalue weighted by Gasteiger charge is 2.14. The minimum absolute atomic E-state index is 0.0471. The molecule has 0 unspecified atom stereocenters. The fourth-order valence-electron chi connectivity index (χ4n) is 2.78. The van der Waals surface area contributed by atoms with Crippen LogP contribution in [0.3, 0.4) is 0 Å². The molecule has 0 atom stereocenters. The maximum atomic E-state index is 13.6. The molecule has 1 heterocycles. The number of benzene rings is 2. The van der Waals surface area contributed by atoms with E-state index in [1.165, 1.54) is 0 Å². The number of amides is 1. The Morgan fingerprint density at radius 1 is 1.12 bits per heavy atom. The number of nitrogens with zero attached hydrogens (tertiary/aromatic N) is 1. The number of carbonyl (C=O) groups excluding carboxylic acids is 1. The first-order chi connectivity index (χ1) is 11.5. The second-order valence-corrected chi connectivity index (χ2v) is 5.67. The van der Waals surface area contributed by atoms with Gasteiger partial charge in [-0.15, -0.1) is 0 Å². The van der Waals surface area contributed by atoms with Crippen LogP contribution >= 0.6 is 0 Å². The van der Waals surface area contributed by atoms with Gasteiger partial charge in [0.25, 0.3) is 0 Å². The van der Waals surface area contributed by atoms with Gasteiger partial charge in [0.15, 0.2) is 0 Å². The molecule has 0 bridgehead atoms. The van der Waals surface area contributed by atoms with Crippen molar-refractivity contribution in [3.8, 4) is 0 Å². The maximum Gasteiger partial charge on any atom is 0.228 e. The number of nitrogens with one attached hydrogen (secondary N) is 1. The summed E-state index contributed by atoms with van der Waals surface area (Å²) < 4.78 is 26.8. The van der Waals surface area contributed by atoms with Gasteiger partial charge >= 0.3 is 0 Å². The van der Waals surface area contributed by atoms with E-state index in [1.54, 1.807) is 0 Å². The summed E-state index contributed by atoms with van der Waals surface area (Å²) in [5.74, 6) is -1.69. The number of pyridine rings is 1. The van der Waals surface area contributed by atoms with Gasteiger partial charge in [-0.3, -0.25) is 9.78 Å². The van der Waals surface area contributed by atoms with E-state index in [0.29, 0.717) is 0 Å². The van der Waals surface area contributed by atoms with Gasteiger partial charge in [-0.25, -0.2) is 8.78 Å². The smallest absolute Gasteiger partial charge is 0.228 e. The summed E-state index contributed by atoms with van der Waals surface area (Å²) in [6.07, 6.45) is 0.0471. The molecule has 0 radical (unpaired) electrons. The molecule has 0 saturated heterocycles. The van der Waals surface area contributed by atoms with E-state index in [4.69, 9.17) is 0 Å². The Hall–Kier alpha value is -2.82. The number of rotatable bonds is 3. The molecule has 5 heteroatoms. The van der Waals surface area contributed by atoms with Gasteiger partial charge < -0.3 is 5.32 Å². The third kappa shape index (κ3) is 3.11. The van der Waals surface area contributed by atoms with E-state index in [9.17, 15) is 13.6 Å². The number of fused-ring (bicyclic) bond motifs is 1. The summed E-state index contributed by atoms with van der Waals surface area (Å²) in [5.41, 5.74) is 3.22. The molecular weight excluding hydrogens is 310 g/mol. The number of anilines is 1. The number of halogens is 2. The van der Waals surface area contributed by atoms with Crippen molar-refractivity contribution in [3.05, 3.63) is 70.9 Å². The van der Waals surface area contributed by atoms with Crippen molar-refractivity contribution >= 4 is 22.5 Å². The monoisotopic (exact) mass is 326 g/mol. The molecule has 0 aliphatic rings. The zero-order valence-electron chi connectivity index (χ0n) is 13.4. The summed E-state index contributed by atoms with van der Waals surface area (Å²) in [7, 11) is 0. The molecule has 0 spiro atoms. The van der Waals surface area contributed by atoms with Crippen molar-refractivity contribution in [1.82, 2.24) is 4.98 Å². The molecule has 1 aromatic heterocycles. The van der Waals surface area contributed by atoms with Crippen molar-refractivity contribution in [2.75, 3.05) is 5.32 Å². The predicted octanol–water partition coefficient (Wildman–Crippen LogP) is 4.31. The van der Waals surface area contributed by atoms with E-state index >= 15 is 0 Å². The Morgan fingerprint density at radius 3 is 2.67 bits per heavy atom. The molecule has 0 aliphatic carbocycles. The fourth-order valence-corrected chi connectivity index (χ4v) is 2.78. The summed E-state index contributed by atoms with van der Waals surface area (Å²) >= 11 is 0. The lowest BCUT2D eigenvalue weighted by Gasteiger charge is -2.13. The predicted molar refractivity (Wildman–Crippen MR) is 89.9 cm³/mol. The molecule has 0 saturated carbocycles. The van der Waals surface area contributed by atoms with Crippen molar-refractivity contribution in [1.29, 1.82) is 0 Å². The molecule has 0 aliphatic heterocycles. The molecule has 24 heavy (non-hydrogen) atoms. The van der Waals surface area contributed by atoms with Crippen molar-refractivity contribution in [2.24, 2.45) is 0 Å². The van der Waals surface area contributed by atoms with Gasteiger partial charge in [0.2, 0.25) is 5.91 Å². The summed E-state index contributed by atoms with van der Waals surface area (Å²) in [6, 6.07) is 10.6. The van der Waals surface area contributed by atoms with E-state index in [0.717, 1.165) is 45.9 Å². The quantitative estimate of drug-likeness (QED) is 0.779. The molecule has 3 nitrogen and oxygen atoms in total. The second kappa shape index (κ2) is 6.35. The molecule has 0 fully saturated rings. The number of para-hydroxylation sites is 1. The molecule has 1 amide bonds. The van der Waals surface area contributed by atoms with E-state index < -0.39 is 17.5 Å². The Bertz CT molecular complexity index is 938. The van der Waals surface area contributed by atoms with Gasteiger partial charge in [0.1, 0.15) is 11.6 Å². The van der Waals surface area contributed by atoms with Crippen LogP contribution in [0.15, 0.2) is 42.5 Å². The molecule has 3 rings (SSSR count). The second-order valence-electron chi connectivity index (χ2n) is 5.67. The van der Waals surface area contributed by atoms with E-state index in [2.05, 4.69) is 10.3 Å². The Kier molecular flexibility index (Phi) is 4.25. The Morgan fingerprint density at radius 2 is 1.88 bits per heavy atom. The van der Waals surface area contributed by atoms with Crippen LogP contribution in [0.1, 0.15) is 16.8 Å². The van der Waals surface area contributed by atoms with Crippen LogP contribution in [0.25, 0.3) is 10.9 Å². The molecular formula is C19H16F2N2O. The minimum Gasteiger partial charge on any atom is -0.323 e. The lowest BCUT2D eigenvalue weighted by molar-refractivity contribution is -0.115. The average molecular weight is 326 g/mol. The first-order valence-corrected chi connectivity index (χ1v) is 7.55. The van der Waals surface area contributed by atoms with Gasteiger partial charge in [0, 0.05) is 17.1 Å². The highest BCUT2D eigenvalue weighted by Crippen LogP contribution is 2.23. The lowest BCUT2D eigenvalue weighted by atomic mass is 9.99. The van der Waals surface area contributed by atoms with Gasteiger partial charge in [-0.1, -0.05) is 18.2 Å². The van der Waals surface area contributed by atoms with Crippen LogP contribution in [0.2, 0.25) is 0 Å². The van der Waals surface area contributed by atoms with Crippen molar-refractivity contribution in [2.45, 2.75) is 20.3 Å². The standard InChI is InChI=1S/C19H16F2N2O/c1-11-14-5-3-4-6-17(14)22-12(2)15(11)10-19(24)23-18-9-13(20)7-8-16(18)21/h3-9H,10H2,1-2H3,(H,23,24). The Labute approximate surface area is 138 Å². The highest BCUT2D eigenvalue weighted by molar-refractivity contribution is 5.94. The SMILES string of the molecule is Cc1nc2ccccc2c(C)c1CC(=O)Nc1cc(F)ccc1F. The fraction of sp³-hybridized carbons (Fsp3) is 0.158. The summed E-state index contributed by atoms with van der Waals surface area (Å²) in [4.78, 5) is 16.8.